The van der Waals surface area contributed by atoms with Crippen molar-refractivity contribution in [2.45, 2.75) is 0 Å². The summed E-state index contributed by atoms with van der Waals surface area (Å²) in [5.41, 5.74) is 7.72. The van der Waals surface area contributed by atoms with E-state index in [0.29, 0.717) is 27.2 Å². The van der Waals surface area contributed by atoms with Crippen molar-refractivity contribution in [2.24, 2.45) is 0 Å². The molecule has 2 heterocycles. The molecule has 0 unspecified atom stereocenters. The lowest BCUT2D eigenvalue weighted by Gasteiger charge is -1.96. The van der Waals surface area contributed by atoms with Crippen LogP contribution < -0.4 is 5.73 Å². The zero-order valence-electron chi connectivity index (χ0n) is 9.14. The molecule has 0 spiro atoms. The Hall–Kier alpha value is -1.78. The Bertz CT molecular complexity index is 680. The third kappa shape index (κ3) is 1.89. The van der Waals surface area contributed by atoms with E-state index in [0.717, 1.165) is 5.56 Å². The minimum Gasteiger partial charge on any atom is -0.396 e. The van der Waals surface area contributed by atoms with Gasteiger partial charge in [0.25, 0.3) is 0 Å². The number of pyridine rings is 1. The van der Waals surface area contributed by atoms with Gasteiger partial charge in [-0.2, -0.15) is 0 Å². The fraction of sp³-hybridized carbons (Fsp3) is 0. The van der Waals surface area contributed by atoms with Crippen LogP contribution in [-0.4, -0.2) is 14.6 Å². The number of benzene rings is 1. The Morgan fingerprint density at radius 2 is 1.83 bits per heavy atom. The van der Waals surface area contributed by atoms with Crippen LogP contribution in [0.5, 0.6) is 0 Å². The summed E-state index contributed by atoms with van der Waals surface area (Å²) >= 11 is 11.8. The molecule has 0 aliphatic carbocycles. The van der Waals surface area contributed by atoms with E-state index in [4.69, 9.17) is 28.9 Å². The van der Waals surface area contributed by atoms with Crippen molar-refractivity contribution in [1.29, 1.82) is 0 Å². The van der Waals surface area contributed by atoms with E-state index in [2.05, 4.69) is 10.1 Å². The first-order valence-corrected chi connectivity index (χ1v) is 5.96. The van der Waals surface area contributed by atoms with Gasteiger partial charge >= 0.3 is 0 Å². The van der Waals surface area contributed by atoms with E-state index in [1.807, 2.05) is 12.1 Å². The molecule has 0 saturated heterocycles. The first-order chi connectivity index (χ1) is 8.63. The highest BCUT2D eigenvalue weighted by Gasteiger charge is 2.08. The van der Waals surface area contributed by atoms with Crippen molar-refractivity contribution >= 4 is 34.5 Å². The van der Waals surface area contributed by atoms with Gasteiger partial charge in [0.1, 0.15) is 0 Å². The number of hydrogen-bond donors (Lipinski definition) is 1. The van der Waals surface area contributed by atoms with Crippen molar-refractivity contribution in [3.05, 3.63) is 46.6 Å². The molecule has 4 nitrogen and oxygen atoms in total. The van der Waals surface area contributed by atoms with Gasteiger partial charge in [-0.25, -0.2) is 9.50 Å². The topological polar surface area (TPSA) is 56.2 Å². The van der Waals surface area contributed by atoms with Crippen molar-refractivity contribution in [2.75, 3.05) is 5.73 Å². The lowest BCUT2D eigenvalue weighted by Crippen LogP contribution is -1.93. The first-order valence-electron chi connectivity index (χ1n) is 5.21. The van der Waals surface area contributed by atoms with Crippen LogP contribution in [0, 0.1) is 0 Å². The molecule has 2 N–H and O–H groups in total. The van der Waals surface area contributed by atoms with Gasteiger partial charge in [-0.15, -0.1) is 5.10 Å². The molecule has 3 aromatic rings. The van der Waals surface area contributed by atoms with Crippen LogP contribution in [0.3, 0.4) is 0 Å². The van der Waals surface area contributed by atoms with Crippen molar-refractivity contribution in [3.63, 3.8) is 0 Å². The molecule has 18 heavy (non-hydrogen) atoms. The molecule has 3 rings (SSSR count). The summed E-state index contributed by atoms with van der Waals surface area (Å²) in [4.78, 5) is 4.38. The maximum Gasteiger partial charge on any atom is 0.182 e. The summed E-state index contributed by atoms with van der Waals surface area (Å²) in [5, 5.41) is 5.48. The summed E-state index contributed by atoms with van der Waals surface area (Å²) in [6.07, 6.45) is 1.64. The molecule has 0 bridgehead atoms. The van der Waals surface area contributed by atoms with Gasteiger partial charge in [-0.05, 0) is 24.3 Å². The van der Waals surface area contributed by atoms with Crippen LogP contribution in [0.4, 0.5) is 5.69 Å². The fourth-order valence-electron chi connectivity index (χ4n) is 1.64. The van der Waals surface area contributed by atoms with E-state index >= 15 is 0 Å². The predicted octanol–water partition coefficient (Wildman–Crippen LogP) is 3.29. The summed E-state index contributed by atoms with van der Waals surface area (Å²) in [5.74, 6) is 0.605. The molecular weight excluding hydrogens is 271 g/mol. The number of nitrogen functional groups attached to an aromatic ring is 1. The molecule has 0 amide bonds. The smallest absolute Gasteiger partial charge is 0.182 e. The highest BCUT2D eigenvalue weighted by Crippen LogP contribution is 2.23. The molecule has 0 aliphatic rings. The van der Waals surface area contributed by atoms with Crippen LogP contribution in [0.15, 0.2) is 36.5 Å². The molecule has 1 aromatic carbocycles. The summed E-state index contributed by atoms with van der Waals surface area (Å²) in [7, 11) is 0. The van der Waals surface area contributed by atoms with E-state index in [9.17, 15) is 0 Å². The van der Waals surface area contributed by atoms with E-state index in [1.165, 1.54) is 0 Å². The van der Waals surface area contributed by atoms with Crippen LogP contribution >= 0.6 is 23.2 Å². The highest BCUT2D eigenvalue weighted by atomic mass is 35.5. The Kier molecular flexibility index (Phi) is 2.61. The van der Waals surface area contributed by atoms with E-state index in [1.54, 1.807) is 28.9 Å². The molecule has 2 aromatic heterocycles. The average molecular weight is 279 g/mol. The van der Waals surface area contributed by atoms with Gasteiger partial charge < -0.3 is 5.73 Å². The number of hydrogen-bond acceptors (Lipinski definition) is 3. The van der Waals surface area contributed by atoms with E-state index < -0.39 is 0 Å². The van der Waals surface area contributed by atoms with Gasteiger partial charge in [0.05, 0.1) is 16.9 Å². The lowest BCUT2D eigenvalue weighted by molar-refractivity contribution is 0.968. The maximum atomic E-state index is 5.94. The number of aromatic nitrogens is 3. The van der Waals surface area contributed by atoms with Crippen LogP contribution in [0.2, 0.25) is 10.0 Å². The van der Waals surface area contributed by atoms with Gasteiger partial charge in [0, 0.05) is 16.7 Å². The molecule has 0 saturated carbocycles. The minimum atomic E-state index is 0.469. The summed E-state index contributed by atoms with van der Waals surface area (Å²) in [6, 6.07) is 9.00. The summed E-state index contributed by atoms with van der Waals surface area (Å²) < 4.78 is 1.60. The van der Waals surface area contributed by atoms with Crippen LogP contribution in [-0.2, 0) is 0 Å². The highest BCUT2D eigenvalue weighted by molar-refractivity contribution is 6.33. The van der Waals surface area contributed by atoms with Crippen molar-refractivity contribution in [1.82, 2.24) is 14.6 Å². The number of fused-ring (bicyclic) bond motifs is 1. The number of nitrogens with two attached hydrogens (primary N) is 1. The first kappa shape index (κ1) is 11.3. The lowest BCUT2D eigenvalue weighted by atomic mass is 10.2. The van der Waals surface area contributed by atoms with Gasteiger partial charge in [-0.3, -0.25) is 0 Å². The molecule has 0 fully saturated rings. The Morgan fingerprint density at radius 1 is 1.11 bits per heavy atom. The number of anilines is 1. The number of nitrogens with zero attached hydrogens (tertiary/aromatic N) is 3. The molecular formula is C12H8Cl2N4. The molecule has 6 heteroatoms. The quantitative estimate of drug-likeness (QED) is 0.743. The van der Waals surface area contributed by atoms with Gasteiger partial charge in [0.15, 0.2) is 11.5 Å². The predicted molar refractivity (Wildman–Crippen MR) is 72.9 cm³/mol. The third-order valence-corrected chi connectivity index (χ3v) is 3.13. The Morgan fingerprint density at radius 3 is 2.56 bits per heavy atom. The van der Waals surface area contributed by atoms with E-state index in [-0.39, 0.29) is 0 Å². The van der Waals surface area contributed by atoms with Crippen molar-refractivity contribution < 1.29 is 0 Å². The second-order valence-corrected chi connectivity index (χ2v) is 4.67. The molecule has 0 aliphatic heterocycles. The zero-order chi connectivity index (χ0) is 12.7. The maximum absolute atomic E-state index is 5.94. The molecule has 0 atom stereocenters. The third-order valence-electron chi connectivity index (χ3n) is 2.55. The molecule has 0 radical (unpaired) electrons. The standard InChI is InChI=1S/C12H8Cl2N4/c13-8-3-1-7(2-4-8)12-16-11-5-9(14)10(15)6-18(11)17-12/h1-6H,15H2. The second kappa shape index (κ2) is 4.15. The number of rotatable bonds is 1. The SMILES string of the molecule is Nc1cn2nc(-c3ccc(Cl)cc3)nc2cc1Cl. The Balaban J connectivity index is 2.16. The second-order valence-electron chi connectivity index (χ2n) is 3.82. The zero-order valence-corrected chi connectivity index (χ0v) is 10.7. The molecule has 90 valence electrons. The van der Waals surface area contributed by atoms with Crippen molar-refractivity contribution in [3.8, 4) is 11.4 Å². The van der Waals surface area contributed by atoms with Crippen LogP contribution in [0.1, 0.15) is 0 Å². The monoisotopic (exact) mass is 278 g/mol. The fourth-order valence-corrected chi connectivity index (χ4v) is 1.91. The minimum absolute atomic E-state index is 0.469. The average Bonchev–Trinajstić information content (AvgIpc) is 2.73. The van der Waals surface area contributed by atoms with Crippen LogP contribution in [0.25, 0.3) is 17.0 Å². The largest absolute Gasteiger partial charge is 0.396 e. The number of halogens is 2. The summed E-state index contributed by atoms with van der Waals surface area (Å²) in [6.45, 7) is 0. The van der Waals surface area contributed by atoms with Gasteiger partial charge in [-0.1, -0.05) is 23.2 Å². The normalized spacial score (nSPS) is 11.0. The van der Waals surface area contributed by atoms with Gasteiger partial charge in [0.2, 0.25) is 0 Å². The Labute approximate surface area is 113 Å².